The highest BCUT2D eigenvalue weighted by Crippen LogP contribution is 2.26. The third-order valence-corrected chi connectivity index (χ3v) is 7.56. The Labute approximate surface area is 256 Å². The van der Waals surface area contributed by atoms with Crippen LogP contribution in [0.15, 0.2) is 53.5 Å². The van der Waals surface area contributed by atoms with Gasteiger partial charge in [-0.15, -0.1) is 4.99 Å². The number of nitrogens with zero attached hydrogens (tertiary/aromatic N) is 5. The van der Waals surface area contributed by atoms with Crippen LogP contribution in [0.5, 0.6) is 0 Å². The molecule has 3 N–H and O–H groups in total. The van der Waals surface area contributed by atoms with Gasteiger partial charge in [0, 0.05) is 55.2 Å². The van der Waals surface area contributed by atoms with Crippen molar-refractivity contribution in [1.29, 1.82) is 0 Å². The highest BCUT2D eigenvalue weighted by atomic mass is 32.1. The number of nitrogens with two attached hydrogens (primary N) is 1. The maximum absolute atomic E-state index is 13.4. The third-order valence-electron chi connectivity index (χ3n) is 7.19. The average Bonchev–Trinajstić information content (AvgIpc) is 3.40. The number of rotatable bonds is 8. The van der Waals surface area contributed by atoms with Crippen molar-refractivity contribution < 1.29 is 33.7 Å². The molecule has 0 spiro atoms. The smallest absolute Gasteiger partial charge is 0.437 e. The summed E-state index contributed by atoms with van der Waals surface area (Å²) in [6.45, 7) is 0.769. The van der Waals surface area contributed by atoms with Crippen molar-refractivity contribution >= 4 is 48.1 Å². The molecule has 4 rings (SSSR count). The molecule has 0 saturated carbocycles. The van der Waals surface area contributed by atoms with Gasteiger partial charge in [0.2, 0.25) is 5.91 Å². The van der Waals surface area contributed by atoms with Crippen molar-refractivity contribution in [2.24, 2.45) is 10.7 Å². The molecular weight excluding hydrogens is 598 g/mol. The first-order chi connectivity index (χ1) is 21.0. The number of likely N-dealkylation sites (tertiary alicyclic amines) is 2. The molecule has 16 nitrogen and oxygen atoms in total. The molecule has 2 atom stereocenters. The lowest BCUT2D eigenvalue weighted by Crippen LogP contribution is -2.53. The van der Waals surface area contributed by atoms with E-state index in [2.05, 4.69) is 22.9 Å². The van der Waals surface area contributed by atoms with E-state index in [1.165, 1.54) is 53.4 Å². The molecule has 0 aliphatic carbocycles. The molecule has 0 bridgehead atoms. The van der Waals surface area contributed by atoms with Crippen molar-refractivity contribution in [3.63, 3.8) is 0 Å². The first-order valence-electron chi connectivity index (χ1n) is 13.6. The van der Waals surface area contributed by atoms with Gasteiger partial charge in [-0.25, -0.2) is 9.59 Å². The summed E-state index contributed by atoms with van der Waals surface area (Å²) in [5.41, 5.74) is 6.83. The minimum Gasteiger partial charge on any atom is -0.445 e. The van der Waals surface area contributed by atoms with Gasteiger partial charge in [-0.1, -0.05) is 0 Å². The zero-order chi connectivity index (χ0) is 31.8. The Hall–Kier alpha value is -4.93. The van der Waals surface area contributed by atoms with Crippen molar-refractivity contribution in [2.45, 2.75) is 49.8 Å². The zero-order valence-electron chi connectivity index (χ0n) is 23.4. The van der Waals surface area contributed by atoms with Crippen molar-refractivity contribution in [1.82, 2.24) is 15.1 Å². The van der Waals surface area contributed by atoms with Crippen molar-refractivity contribution in [3.05, 3.63) is 79.9 Å². The monoisotopic (exact) mass is 629 g/mol. The van der Waals surface area contributed by atoms with Gasteiger partial charge in [0.25, 0.3) is 11.4 Å². The number of guanidine groups is 1. The van der Waals surface area contributed by atoms with E-state index < -0.39 is 28.1 Å². The van der Waals surface area contributed by atoms with E-state index in [1.807, 2.05) is 0 Å². The van der Waals surface area contributed by atoms with E-state index in [0.717, 1.165) is 0 Å². The molecule has 0 aromatic heterocycles. The fourth-order valence-corrected chi connectivity index (χ4v) is 5.25. The number of thiol groups is 1. The SMILES string of the molecule is NC(=NC(=O)OCc1ccc([N+](=O)[O-])cc1)NC1CCN(C(=O)C2CC(S)CN2C(=O)OCc2ccc([N+](=O)[O-])cc2)CC1. The molecule has 3 amide bonds. The van der Waals surface area contributed by atoms with Gasteiger partial charge in [-0.05, 0) is 54.7 Å². The second kappa shape index (κ2) is 14.5. The van der Waals surface area contributed by atoms with Gasteiger partial charge in [0.15, 0.2) is 5.96 Å². The summed E-state index contributed by atoms with van der Waals surface area (Å²) >= 11 is 4.48. The first kappa shape index (κ1) is 32.0. The van der Waals surface area contributed by atoms with E-state index in [4.69, 9.17) is 15.2 Å². The maximum Gasteiger partial charge on any atom is 0.437 e. The number of piperidine rings is 1. The van der Waals surface area contributed by atoms with E-state index in [1.54, 1.807) is 4.90 Å². The molecule has 2 aliphatic rings. The Morgan fingerprint density at radius 3 is 1.98 bits per heavy atom. The topological polar surface area (TPSA) is 213 Å². The number of hydrogen-bond acceptors (Lipinski definition) is 10. The third kappa shape index (κ3) is 8.56. The summed E-state index contributed by atoms with van der Waals surface area (Å²) in [5, 5.41) is 24.3. The molecule has 2 saturated heterocycles. The van der Waals surface area contributed by atoms with Crippen molar-refractivity contribution in [2.75, 3.05) is 19.6 Å². The summed E-state index contributed by atoms with van der Waals surface area (Å²) in [6, 6.07) is 10.3. The highest BCUT2D eigenvalue weighted by Gasteiger charge is 2.41. The zero-order valence-corrected chi connectivity index (χ0v) is 24.3. The van der Waals surface area contributed by atoms with Crippen LogP contribution in [0.3, 0.4) is 0 Å². The molecule has 2 aromatic rings. The van der Waals surface area contributed by atoms with Crippen LogP contribution in [0, 0.1) is 20.2 Å². The number of nitro benzene ring substituents is 2. The number of hydrogen-bond donors (Lipinski definition) is 3. The Kier molecular flexibility index (Phi) is 10.5. The van der Waals surface area contributed by atoms with Gasteiger partial charge in [-0.3, -0.25) is 29.9 Å². The quantitative estimate of drug-likeness (QED) is 0.127. The highest BCUT2D eigenvalue weighted by molar-refractivity contribution is 7.81. The first-order valence-corrected chi connectivity index (χ1v) is 14.2. The minimum atomic E-state index is -0.927. The summed E-state index contributed by atoms with van der Waals surface area (Å²) in [7, 11) is 0. The molecule has 2 unspecified atom stereocenters. The van der Waals surface area contributed by atoms with Crippen LogP contribution in [0.25, 0.3) is 0 Å². The Balaban J connectivity index is 1.22. The number of carbonyl (C=O) groups is 3. The van der Waals surface area contributed by atoms with Gasteiger partial charge in [0.1, 0.15) is 19.3 Å². The molecule has 2 heterocycles. The molecule has 2 fully saturated rings. The summed E-state index contributed by atoms with van der Waals surface area (Å²) in [5.74, 6) is -0.358. The molecule has 2 aliphatic heterocycles. The normalized spacial score (nSPS) is 18.9. The van der Waals surface area contributed by atoms with Crippen LogP contribution in [0.1, 0.15) is 30.4 Å². The second-order valence-corrected chi connectivity index (χ2v) is 11.0. The van der Waals surface area contributed by atoms with E-state index in [9.17, 15) is 34.6 Å². The number of ether oxygens (including phenoxy) is 2. The Bertz CT molecular complexity index is 1410. The minimum absolute atomic E-state index is 0.0727. The second-order valence-electron chi connectivity index (χ2n) is 10.3. The number of amides is 3. The standard InChI is InChI=1S/C27H31N7O9S/c28-25(30-26(36)42-15-17-1-5-20(6-2-17)33(38)39)29-19-9-11-31(12-10-19)24(35)23-13-22(44)14-32(23)27(37)43-16-18-3-7-21(8-4-18)34(40)41/h1-8,19,22-23,44H,9-16H2,(H3,28,29,30,36). The Morgan fingerprint density at radius 2 is 1.45 bits per heavy atom. The number of carbonyl (C=O) groups excluding carboxylic acids is 3. The van der Waals surface area contributed by atoms with Crippen LogP contribution >= 0.6 is 12.6 Å². The number of aliphatic imine (C=N–C) groups is 1. The fourth-order valence-electron chi connectivity index (χ4n) is 4.88. The molecule has 234 valence electrons. The van der Waals surface area contributed by atoms with Gasteiger partial charge >= 0.3 is 12.2 Å². The number of nitrogens with one attached hydrogen (secondary N) is 1. The molecule has 0 radical (unpaired) electrons. The fraction of sp³-hybridized carbons (Fsp3) is 0.407. The number of benzene rings is 2. The lowest BCUT2D eigenvalue weighted by Gasteiger charge is -2.35. The lowest BCUT2D eigenvalue weighted by atomic mass is 10.0. The Morgan fingerprint density at radius 1 is 0.932 bits per heavy atom. The molecular formula is C27H31N7O9S. The molecule has 17 heteroatoms. The summed E-state index contributed by atoms with van der Waals surface area (Å²) in [4.78, 5) is 65.5. The van der Waals surface area contributed by atoms with Gasteiger partial charge in [-0.2, -0.15) is 12.6 Å². The predicted octanol–water partition coefficient (Wildman–Crippen LogP) is 2.74. The van der Waals surface area contributed by atoms with E-state index in [-0.39, 0.29) is 54.3 Å². The van der Waals surface area contributed by atoms with Crippen molar-refractivity contribution in [3.8, 4) is 0 Å². The largest absolute Gasteiger partial charge is 0.445 e. The summed E-state index contributed by atoms with van der Waals surface area (Å²) < 4.78 is 10.4. The van der Waals surface area contributed by atoms with Gasteiger partial charge < -0.3 is 25.4 Å². The molecule has 2 aromatic carbocycles. The number of non-ortho nitro benzene ring substituents is 2. The maximum atomic E-state index is 13.4. The summed E-state index contributed by atoms with van der Waals surface area (Å²) in [6.07, 6.45) is -0.194. The van der Waals surface area contributed by atoms with E-state index >= 15 is 0 Å². The van der Waals surface area contributed by atoms with Crippen LogP contribution < -0.4 is 11.1 Å². The average molecular weight is 630 g/mol. The van der Waals surface area contributed by atoms with Crippen LogP contribution in [-0.4, -0.2) is 80.7 Å². The van der Waals surface area contributed by atoms with Crippen LogP contribution in [0.4, 0.5) is 21.0 Å². The van der Waals surface area contributed by atoms with Gasteiger partial charge in [0.05, 0.1) is 9.85 Å². The van der Waals surface area contributed by atoms with Crippen LogP contribution in [0.2, 0.25) is 0 Å². The lowest BCUT2D eigenvalue weighted by molar-refractivity contribution is -0.385. The van der Waals surface area contributed by atoms with Crippen LogP contribution in [-0.2, 0) is 27.5 Å². The van der Waals surface area contributed by atoms with E-state index in [0.29, 0.717) is 43.5 Å². The predicted molar refractivity (Wildman–Crippen MR) is 159 cm³/mol. The molecule has 44 heavy (non-hydrogen) atoms. The number of nitro groups is 2.